The summed E-state index contributed by atoms with van der Waals surface area (Å²) < 4.78 is 0. The quantitative estimate of drug-likeness (QED) is 0.926. The molecule has 0 aromatic heterocycles. The molecule has 1 saturated heterocycles. The van der Waals surface area contributed by atoms with Gasteiger partial charge in [0.25, 0.3) is 0 Å². The largest absolute Gasteiger partial charge is 0.343 e. The van der Waals surface area contributed by atoms with E-state index in [1.807, 2.05) is 24.1 Å². The number of hydrogen-bond donors (Lipinski definition) is 1. The van der Waals surface area contributed by atoms with Crippen LogP contribution in [0.4, 0.5) is 0 Å². The number of nitrogens with one attached hydrogen (secondary N) is 1. The third kappa shape index (κ3) is 4.11. The van der Waals surface area contributed by atoms with Crippen molar-refractivity contribution in [3.05, 3.63) is 33.8 Å². The van der Waals surface area contributed by atoms with Crippen molar-refractivity contribution in [2.45, 2.75) is 31.7 Å². The van der Waals surface area contributed by atoms with Crippen LogP contribution in [0.5, 0.6) is 0 Å². The third-order valence-electron chi connectivity index (χ3n) is 3.87. The van der Waals surface area contributed by atoms with E-state index in [0.29, 0.717) is 28.9 Å². The van der Waals surface area contributed by atoms with Crippen LogP contribution in [0.15, 0.2) is 18.2 Å². The van der Waals surface area contributed by atoms with Crippen molar-refractivity contribution in [1.29, 1.82) is 0 Å². The highest BCUT2D eigenvalue weighted by Gasteiger charge is 2.21. The van der Waals surface area contributed by atoms with E-state index < -0.39 is 0 Å². The van der Waals surface area contributed by atoms with E-state index in [1.54, 1.807) is 6.07 Å². The first kappa shape index (κ1) is 15.6. The average Bonchev–Trinajstić information content (AvgIpc) is 2.46. The number of nitrogens with zero attached hydrogens (tertiary/aromatic N) is 1. The highest BCUT2D eigenvalue weighted by atomic mass is 35.5. The summed E-state index contributed by atoms with van der Waals surface area (Å²) in [5.74, 6) is 0.183. The summed E-state index contributed by atoms with van der Waals surface area (Å²) in [4.78, 5) is 14.1. The molecule has 1 fully saturated rings. The molecule has 0 radical (unpaired) electrons. The monoisotopic (exact) mass is 314 g/mol. The van der Waals surface area contributed by atoms with Crippen molar-refractivity contribution in [3.8, 4) is 0 Å². The Balaban J connectivity index is 1.87. The molecule has 110 valence electrons. The Hall–Kier alpha value is -0.770. The molecular weight excluding hydrogens is 295 g/mol. The zero-order valence-corrected chi connectivity index (χ0v) is 13.2. The second kappa shape index (κ2) is 7.30. The van der Waals surface area contributed by atoms with Crippen LogP contribution in [-0.4, -0.2) is 37.0 Å². The van der Waals surface area contributed by atoms with Gasteiger partial charge in [0.2, 0.25) is 5.91 Å². The summed E-state index contributed by atoms with van der Waals surface area (Å²) in [5.41, 5.74) is 0.975. The topological polar surface area (TPSA) is 32.3 Å². The molecule has 1 N–H and O–H groups in total. The molecule has 20 heavy (non-hydrogen) atoms. The van der Waals surface area contributed by atoms with Crippen molar-refractivity contribution in [1.82, 2.24) is 10.2 Å². The number of amides is 1. The smallest absolute Gasteiger partial charge is 0.222 e. The minimum atomic E-state index is 0.183. The van der Waals surface area contributed by atoms with Crippen molar-refractivity contribution < 1.29 is 4.79 Å². The molecule has 1 amide bonds. The van der Waals surface area contributed by atoms with E-state index in [2.05, 4.69) is 5.32 Å². The fourth-order valence-electron chi connectivity index (χ4n) is 2.54. The molecule has 0 atom stereocenters. The van der Waals surface area contributed by atoms with Crippen LogP contribution < -0.4 is 5.32 Å². The molecule has 0 spiro atoms. The average molecular weight is 315 g/mol. The van der Waals surface area contributed by atoms with Gasteiger partial charge in [0.15, 0.2) is 0 Å². The van der Waals surface area contributed by atoms with Gasteiger partial charge in [-0.05, 0) is 50.0 Å². The van der Waals surface area contributed by atoms with E-state index in [9.17, 15) is 4.79 Å². The molecule has 1 heterocycles. The zero-order valence-electron chi connectivity index (χ0n) is 11.7. The van der Waals surface area contributed by atoms with Gasteiger partial charge < -0.3 is 10.2 Å². The van der Waals surface area contributed by atoms with Gasteiger partial charge in [-0.2, -0.15) is 0 Å². The maximum absolute atomic E-state index is 12.2. The first-order valence-corrected chi connectivity index (χ1v) is 7.74. The lowest BCUT2D eigenvalue weighted by atomic mass is 10.0. The summed E-state index contributed by atoms with van der Waals surface area (Å²) in [6, 6.07) is 5.79. The summed E-state index contributed by atoms with van der Waals surface area (Å²) >= 11 is 12.0. The van der Waals surface area contributed by atoms with Crippen molar-refractivity contribution in [2.75, 3.05) is 20.1 Å². The van der Waals surface area contributed by atoms with E-state index in [4.69, 9.17) is 23.2 Å². The van der Waals surface area contributed by atoms with E-state index in [0.717, 1.165) is 31.5 Å². The molecule has 1 aromatic rings. The molecular formula is C15H20Cl2N2O. The van der Waals surface area contributed by atoms with Crippen molar-refractivity contribution in [2.24, 2.45) is 0 Å². The van der Waals surface area contributed by atoms with Gasteiger partial charge in [-0.3, -0.25) is 4.79 Å². The molecule has 0 bridgehead atoms. The van der Waals surface area contributed by atoms with Crippen molar-refractivity contribution >= 4 is 29.1 Å². The van der Waals surface area contributed by atoms with Gasteiger partial charge in [-0.1, -0.05) is 29.3 Å². The Morgan fingerprint density at radius 2 is 2.05 bits per heavy atom. The van der Waals surface area contributed by atoms with Crippen LogP contribution in [-0.2, 0) is 11.2 Å². The molecule has 1 aliphatic rings. The lowest BCUT2D eigenvalue weighted by Crippen LogP contribution is -2.44. The lowest BCUT2D eigenvalue weighted by Gasteiger charge is -2.31. The number of aryl methyl sites for hydroxylation is 1. The first-order chi connectivity index (χ1) is 9.58. The standard InChI is InChI=1S/C15H20Cl2N2O/c1-19(13-6-8-18-9-7-13)15(20)5-3-11-2-4-12(16)10-14(11)17/h2,4,10,13,18H,3,5-9H2,1H3. The Bertz CT molecular complexity index is 473. The highest BCUT2D eigenvalue weighted by Crippen LogP contribution is 2.22. The molecule has 0 saturated carbocycles. The number of hydrogen-bond acceptors (Lipinski definition) is 2. The molecule has 3 nitrogen and oxygen atoms in total. The van der Waals surface area contributed by atoms with Crippen LogP contribution in [0.3, 0.4) is 0 Å². The molecule has 1 aliphatic heterocycles. The zero-order chi connectivity index (χ0) is 14.5. The van der Waals surface area contributed by atoms with E-state index >= 15 is 0 Å². The predicted octanol–water partition coefficient (Wildman–Crippen LogP) is 3.14. The maximum atomic E-state index is 12.2. The summed E-state index contributed by atoms with van der Waals surface area (Å²) in [5, 5.41) is 4.57. The summed E-state index contributed by atoms with van der Waals surface area (Å²) in [6.45, 7) is 1.98. The van der Waals surface area contributed by atoms with Gasteiger partial charge in [0, 0.05) is 29.6 Å². The number of rotatable bonds is 4. The SMILES string of the molecule is CN(C(=O)CCc1ccc(Cl)cc1Cl)C1CCNCC1. The minimum Gasteiger partial charge on any atom is -0.343 e. The number of carbonyl (C=O) groups excluding carboxylic acids is 1. The van der Waals surface area contributed by atoms with Crippen LogP contribution >= 0.6 is 23.2 Å². The van der Waals surface area contributed by atoms with E-state index in [1.165, 1.54) is 0 Å². The Kier molecular flexibility index (Phi) is 5.70. The second-order valence-electron chi connectivity index (χ2n) is 5.22. The van der Waals surface area contributed by atoms with Gasteiger partial charge >= 0.3 is 0 Å². The predicted molar refractivity (Wildman–Crippen MR) is 83.4 cm³/mol. The van der Waals surface area contributed by atoms with Gasteiger partial charge in [0.05, 0.1) is 0 Å². The molecule has 2 rings (SSSR count). The molecule has 5 heteroatoms. The molecule has 1 aromatic carbocycles. The highest BCUT2D eigenvalue weighted by molar-refractivity contribution is 6.35. The first-order valence-electron chi connectivity index (χ1n) is 6.98. The minimum absolute atomic E-state index is 0.183. The number of benzene rings is 1. The van der Waals surface area contributed by atoms with E-state index in [-0.39, 0.29) is 5.91 Å². The molecule has 0 unspecified atom stereocenters. The lowest BCUT2D eigenvalue weighted by molar-refractivity contribution is -0.132. The fourth-order valence-corrected chi connectivity index (χ4v) is 3.04. The van der Waals surface area contributed by atoms with Gasteiger partial charge in [-0.15, -0.1) is 0 Å². The van der Waals surface area contributed by atoms with Crippen LogP contribution in [0.25, 0.3) is 0 Å². The maximum Gasteiger partial charge on any atom is 0.222 e. The van der Waals surface area contributed by atoms with Gasteiger partial charge in [0.1, 0.15) is 0 Å². The summed E-state index contributed by atoms with van der Waals surface area (Å²) in [6.07, 6.45) is 3.21. The second-order valence-corrected chi connectivity index (χ2v) is 6.07. The summed E-state index contributed by atoms with van der Waals surface area (Å²) in [7, 11) is 1.90. The van der Waals surface area contributed by atoms with Gasteiger partial charge in [-0.25, -0.2) is 0 Å². The third-order valence-corrected chi connectivity index (χ3v) is 4.46. The van der Waals surface area contributed by atoms with Crippen molar-refractivity contribution in [3.63, 3.8) is 0 Å². The number of halogens is 2. The Morgan fingerprint density at radius 3 is 2.70 bits per heavy atom. The normalized spacial score (nSPS) is 16.1. The van der Waals surface area contributed by atoms with Crippen LogP contribution in [0, 0.1) is 0 Å². The number of piperidine rings is 1. The van der Waals surface area contributed by atoms with Crippen LogP contribution in [0.1, 0.15) is 24.8 Å². The van der Waals surface area contributed by atoms with Crippen LogP contribution in [0.2, 0.25) is 10.0 Å². The Labute approximate surface area is 130 Å². The fraction of sp³-hybridized carbons (Fsp3) is 0.533. The Morgan fingerprint density at radius 1 is 1.35 bits per heavy atom. The molecule has 0 aliphatic carbocycles. The number of carbonyl (C=O) groups is 1.